The van der Waals surface area contributed by atoms with Crippen LogP contribution in [0.2, 0.25) is 0 Å². The fourth-order valence-corrected chi connectivity index (χ4v) is 2.06. The van der Waals surface area contributed by atoms with E-state index in [4.69, 9.17) is 9.52 Å². The summed E-state index contributed by atoms with van der Waals surface area (Å²) >= 11 is 0. The standard InChI is InChI=1S/C11H16F2N2O2.2ClH/c12-11(13)10(15-5-3-14-4-6-15)9-2-1-8(7-16)17-9;;/h1-2,10-11,14,16H,3-7H2;2*1H/t10-;;/m0../s1. The molecule has 0 saturated carbocycles. The lowest BCUT2D eigenvalue weighted by Gasteiger charge is -2.33. The van der Waals surface area contributed by atoms with Crippen LogP contribution in [-0.2, 0) is 6.61 Å². The van der Waals surface area contributed by atoms with E-state index in [1.165, 1.54) is 12.1 Å². The second-order valence-electron chi connectivity index (χ2n) is 4.03. The molecule has 112 valence electrons. The first-order valence-electron chi connectivity index (χ1n) is 5.64. The minimum absolute atomic E-state index is 0. The summed E-state index contributed by atoms with van der Waals surface area (Å²) in [6.07, 6.45) is -2.49. The number of nitrogens with one attached hydrogen (secondary N) is 1. The maximum Gasteiger partial charge on any atom is 0.261 e. The van der Waals surface area contributed by atoms with E-state index in [9.17, 15) is 8.78 Å². The Labute approximate surface area is 123 Å². The molecule has 1 aliphatic heterocycles. The third kappa shape index (κ3) is 4.57. The summed E-state index contributed by atoms with van der Waals surface area (Å²) in [6.45, 7) is 2.29. The van der Waals surface area contributed by atoms with Crippen LogP contribution >= 0.6 is 24.8 Å². The van der Waals surface area contributed by atoms with Gasteiger partial charge in [0.1, 0.15) is 24.2 Å². The second-order valence-corrected chi connectivity index (χ2v) is 4.03. The van der Waals surface area contributed by atoms with Crippen LogP contribution < -0.4 is 5.32 Å². The summed E-state index contributed by atoms with van der Waals surface area (Å²) in [7, 11) is 0. The van der Waals surface area contributed by atoms with Crippen LogP contribution in [0.15, 0.2) is 16.5 Å². The number of rotatable bonds is 4. The summed E-state index contributed by atoms with van der Waals surface area (Å²) in [6, 6.07) is 2.04. The molecule has 8 heteroatoms. The van der Waals surface area contributed by atoms with Gasteiger partial charge in [-0.2, -0.15) is 0 Å². The molecule has 1 saturated heterocycles. The van der Waals surface area contributed by atoms with Crippen molar-refractivity contribution < 1.29 is 18.3 Å². The molecule has 4 nitrogen and oxygen atoms in total. The Morgan fingerprint density at radius 1 is 1.26 bits per heavy atom. The monoisotopic (exact) mass is 318 g/mol. The summed E-state index contributed by atoms with van der Waals surface area (Å²) in [5.41, 5.74) is 0. The summed E-state index contributed by atoms with van der Waals surface area (Å²) in [5, 5.41) is 12.0. The highest BCUT2D eigenvalue weighted by atomic mass is 35.5. The van der Waals surface area contributed by atoms with Crippen LogP contribution in [0, 0.1) is 0 Å². The zero-order valence-corrected chi connectivity index (χ0v) is 11.9. The highest BCUT2D eigenvalue weighted by Gasteiger charge is 2.32. The molecule has 0 aromatic carbocycles. The zero-order valence-electron chi connectivity index (χ0n) is 10.2. The van der Waals surface area contributed by atoms with Crippen molar-refractivity contribution in [2.45, 2.75) is 19.1 Å². The summed E-state index contributed by atoms with van der Waals surface area (Å²) in [4.78, 5) is 1.71. The number of aliphatic hydroxyl groups excluding tert-OH is 1. The topological polar surface area (TPSA) is 48.6 Å². The molecule has 0 amide bonds. The van der Waals surface area contributed by atoms with Crippen molar-refractivity contribution in [2.24, 2.45) is 0 Å². The molecule has 2 N–H and O–H groups in total. The Morgan fingerprint density at radius 2 is 1.89 bits per heavy atom. The van der Waals surface area contributed by atoms with Crippen molar-refractivity contribution in [1.82, 2.24) is 10.2 Å². The first-order valence-corrected chi connectivity index (χ1v) is 5.64. The molecule has 0 spiro atoms. The predicted molar refractivity (Wildman–Crippen MR) is 72.3 cm³/mol. The van der Waals surface area contributed by atoms with Crippen LogP contribution in [-0.4, -0.2) is 42.6 Å². The van der Waals surface area contributed by atoms with Gasteiger partial charge in [-0.15, -0.1) is 24.8 Å². The fraction of sp³-hybridized carbons (Fsp3) is 0.636. The molecular formula is C11H18Cl2F2N2O2. The largest absolute Gasteiger partial charge is 0.462 e. The third-order valence-electron chi connectivity index (χ3n) is 2.91. The Morgan fingerprint density at radius 3 is 2.37 bits per heavy atom. The minimum Gasteiger partial charge on any atom is -0.462 e. The van der Waals surface area contributed by atoms with Crippen LogP contribution in [0.3, 0.4) is 0 Å². The Bertz CT molecular complexity index is 360. The molecular weight excluding hydrogens is 301 g/mol. The van der Waals surface area contributed by atoms with Crippen LogP contribution in [0.4, 0.5) is 8.78 Å². The number of hydrogen-bond donors (Lipinski definition) is 2. The van der Waals surface area contributed by atoms with Gasteiger partial charge in [0.25, 0.3) is 6.43 Å². The quantitative estimate of drug-likeness (QED) is 0.889. The van der Waals surface area contributed by atoms with Gasteiger partial charge in [0.2, 0.25) is 0 Å². The molecule has 0 aliphatic carbocycles. The number of nitrogens with zero attached hydrogens (tertiary/aromatic N) is 1. The van der Waals surface area contributed by atoms with Crippen molar-refractivity contribution in [3.63, 3.8) is 0 Å². The van der Waals surface area contributed by atoms with Crippen LogP contribution in [0.25, 0.3) is 0 Å². The molecule has 1 aromatic heterocycles. The predicted octanol–water partition coefficient (Wildman–Crippen LogP) is 1.83. The van der Waals surface area contributed by atoms with E-state index in [1.54, 1.807) is 4.90 Å². The third-order valence-corrected chi connectivity index (χ3v) is 2.91. The normalized spacial score (nSPS) is 17.7. The van der Waals surface area contributed by atoms with E-state index < -0.39 is 12.5 Å². The lowest BCUT2D eigenvalue weighted by Crippen LogP contribution is -2.46. The molecule has 0 radical (unpaired) electrons. The molecule has 1 atom stereocenters. The first kappa shape index (κ1) is 18.6. The number of piperazine rings is 1. The summed E-state index contributed by atoms with van der Waals surface area (Å²) in [5.74, 6) is 0.548. The van der Waals surface area contributed by atoms with E-state index >= 15 is 0 Å². The zero-order chi connectivity index (χ0) is 12.3. The molecule has 1 fully saturated rings. The van der Waals surface area contributed by atoms with Crippen molar-refractivity contribution in [2.75, 3.05) is 26.2 Å². The van der Waals surface area contributed by atoms with E-state index in [0.717, 1.165) is 0 Å². The van der Waals surface area contributed by atoms with Crippen LogP contribution in [0.5, 0.6) is 0 Å². The molecule has 2 heterocycles. The molecule has 1 aliphatic rings. The van der Waals surface area contributed by atoms with Gasteiger partial charge in [-0.3, -0.25) is 4.90 Å². The van der Waals surface area contributed by atoms with Gasteiger partial charge in [0.05, 0.1) is 0 Å². The van der Waals surface area contributed by atoms with E-state index in [2.05, 4.69) is 5.32 Å². The minimum atomic E-state index is -2.49. The smallest absolute Gasteiger partial charge is 0.261 e. The highest BCUT2D eigenvalue weighted by molar-refractivity contribution is 5.85. The van der Waals surface area contributed by atoms with Crippen molar-refractivity contribution in [3.05, 3.63) is 23.7 Å². The Kier molecular flexibility index (Phi) is 8.52. The number of aliphatic hydroxyl groups is 1. The number of hydrogen-bond acceptors (Lipinski definition) is 4. The van der Waals surface area contributed by atoms with Gasteiger partial charge in [-0.05, 0) is 12.1 Å². The molecule has 2 rings (SSSR count). The van der Waals surface area contributed by atoms with Gasteiger partial charge in [0.15, 0.2) is 0 Å². The second kappa shape index (κ2) is 8.71. The van der Waals surface area contributed by atoms with E-state index in [-0.39, 0.29) is 37.2 Å². The van der Waals surface area contributed by atoms with Crippen molar-refractivity contribution in [3.8, 4) is 0 Å². The lowest BCUT2D eigenvalue weighted by molar-refractivity contribution is 0.00641. The summed E-state index contributed by atoms with van der Waals surface area (Å²) < 4.78 is 31.4. The Balaban J connectivity index is 0.00000162. The first-order chi connectivity index (χ1) is 8.22. The van der Waals surface area contributed by atoms with Crippen molar-refractivity contribution >= 4 is 24.8 Å². The maximum atomic E-state index is 13.1. The molecule has 0 bridgehead atoms. The maximum absolute atomic E-state index is 13.1. The number of alkyl halides is 2. The fourth-order valence-electron chi connectivity index (χ4n) is 2.06. The Hall–Kier alpha value is -0.400. The van der Waals surface area contributed by atoms with Gasteiger partial charge < -0.3 is 14.8 Å². The van der Waals surface area contributed by atoms with Gasteiger partial charge in [0, 0.05) is 26.2 Å². The van der Waals surface area contributed by atoms with Crippen LogP contribution in [0.1, 0.15) is 17.6 Å². The molecule has 0 unspecified atom stereocenters. The van der Waals surface area contributed by atoms with Crippen molar-refractivity contribution in [1.29, 1.82) is 0 Å². The van der Waals surface area contributed by atoms with Gasteiger partial charge in [-0.25, -0.2) is 8.78 Å². The lowest BCUT2D eigenvalue weighted by atomic mass is 10.1. The average molecular weight is 319 g/mol. The number of halogens is 4. The SMILES string of the molecule is Cl.Cl.OCc1ccc([C@@H](C(F)F)N2CCNCC2)o1. The van der Waals surface area contributed by atoms with Gasteiger partial charge in [-0.1, -0.05) is 0 Å². The highest BCUT2D eigenvalue weighted by Crippen LogP contribution is 2.29. The van der Waals surface area contributed by atoms with E-state index in [0.29, 0.717) is 31.9 Å². The molecule has 1 aromatic rings. The molecule has 19 heavy (non-hydrogen) atoms. The number of furan rings is 1. The van der Waals surface area contributed by atoms with Gasteiger partial charge >= 0.3 is 0 Å². The average Bonchev–Trinajstić information content (AvgIpc) is 2.79. The van der Waals surface area contributed by atoms with E-state index in [1.807, 2.05) is 0 Å².